The van der Waals surface area contributed by atoms with Crippen LogP contribution in [0.25, 0.3) is 0 Å². The molecule has 0 rings (SSSR count). The van der Waals surface area contributed by atoms with Crippen molar-refractivity contribution in [2.24, 2.45) is 5.92 Å². The number of aliphatic hydroxyl groups excluding tert-OH is 1. The van der Waals surface area contributed by atoms with Gasteiger partial charge in [0.05, 0.1) is 12.0 Å². The molecule has 0 aromatic carbocycles. The van der Waals surface area contributed by atoms with Crippen molar-refractivity contribution in [1.82, 2.24) is 0 Å². The Balaban J connectivity index is 3.80. The Bertz CT molecular complexity index is 192. The van der Waals surface area contributed by atoms with E-state index in [0.717, 1.165) is 25.7 Å². The molecule has 2 unspecified atom stereocenters. The summed E-state index contributed by atoms with van der Waals surface area (Å²) in [4.78, 5) is 11.0. The van der Waals surface area contributed by atoms with E-state index in [4.69, 9.17) is 5.11 Å². The van der Waals surface area contributed by atoms with E-state index in [0.29, 0.717) is 12.8 Å². The molecule has 0 saturated heterocycles. The van der Waals surface area contributed by atoms with E-state index in [9.17, 15) is 9.90 Å². The third-order valence-corrected chi connectivity index (χ3v) is 3.25. The first-order chi connectivity index (χ1) is 8.13. The van der Waals surface area contributed by atoms with E-state index < -0.39 is 18.0 Å². The molecular weight excluding hydrogens is 216 g/mol. The van der Waals surface area contributed by atoms with Crippen molar-refractivity contribution in [3.05, 3.63) is 0 Å². The lowest BCUT2D eigenvalue weighted by Crippen LogP contribution is -2.28. The maximum Gasteiger partial charge on any atom is 0.309 e. The number of unbranched alkanes of at least 4 members (excludes halogenated alkanes) is 5. The Morgan fingerprint density at radius 3 is 2.06 bits per heavy atom. The van der Waals surface area contributed by atoms with E-state index in [2.05, 4.69) is 6.92 Å². The van der Waals surface area contributed by atoms with E-state index in [1.54, 1.807) is 0 Å². The van der Waals surface area contributed by atoms with Gasteiger partial charge in [-0.25, -0.2) is 0 Å². The van der Waals surface area contributed by atoms with Crippen LogP contribution in [0.4, 0.5) is 0 Å². The van der Waals surface area contributed by atoms with Crippen LogP contribution in [-0.4, -0.2) is 22.3 Å². The van der Waals surface area contributed by atoms with Crippen LogP contribution in [0.2, 0.25) is 0 Å². The predicted molar refractivity (Wildman–Crippen MR) is 70.0 cm³/mol. The molecule has 2 N–H and O–H groups in total. The summed E-state index contributed by atoms with van der Waals surface area (Å²) in [5, 5.41) is 18.9. The fraction of sp³-hybridized carbons (Fsp3) is 0.929. The van der Waals surface area contributed by atoms with Crippen LogP contribution in [0.15, 0.2) is 0 Å². The molecule has 102 valence electrons. The molecular formula is C14H28O3. The van der Waals surface area contributed by atoms with Gasteiger partial charge in [0.15, 0.2) is 0 Å². The molecule has 0 radical (unpaired) electrons. The molecule has 2 atom stereocenters. The van der Waals surface area contributed by atoms with Crippen LogP contribution in [0, 0.1) is 5.92 Å². The fourth-order valence-corrected chi connectivity index (χ4v) is 2.06. The Morgan fingerprint density at radius 2 is 1.53 bits per heavy atom. The minimum atomic E-state index is -0.848. The molecule has 0 aromatic heterocycles. The number of carboxylic acids is 1. The quantitative estimate of drug-likeness (QED) is 0.546. The van der Waals surface area contributed by atoms with Gasteiger partial charge in [-0.3, -0.25) is 4.79 Å². The van der Waals surface area contributed by atoms with Gasteiger partial charge in [-0.05, 0) is 12.8 Å². The Hall–Kier alpha value is -0.570. The van der Waals surface area contributed by atoms with Crippen molar-refractivity contribution in [3.63, 3.8) is 0 Å². The molecule has 0 aliphatic heterocycles. The van der Waals surface area contributed by atoms with Gasteiger partial charge in [0.2, 0.25) is 0 Å². The van der Waals surface area contributed by atoms with Crippen LogP contribution in [-0.2, 0) is 4.79 Å². The molecule has 0 aliphatic carbocycles. The third kappa shape index (κ3) is 8.19. The summed E-state index contributed by atoms with van der Waals surface area (Å²) < 4.78 is 0. The number of hydrogen-bond acceptors (Lipinski definition) is 2. The van der Waals surface area contributed by atoms with Crippen LogP contribution >= 0.6 is 0 Å². The number of hydrogen-bond donors (Lipinski definition) is 2. The molecule has 0 bridgehead atoms. The fourth-order valence-electron chi connectivity index (χ4n) is 2.06. The topological polar surface area (TPSA) is 57.5 Å². The molecule has 0 amide bonds. The van der Waals surface area contributed by atoms with Crippen LogP contribution in [0.5, 0.6) is 0 Å². The first-order valence-corrected chi connectivity index (χ1v) is 7.04. The minimum absolute atomic E-state index is 0.568. The Kier molecular flexibility index (Phi) is 10.2. The zero-order chi connectivity index (χ0) is 13.1. The maximum atomic E-state index is 11.0. The highest BCUT2D eigenvalue weighted by Gasteiger charge is 2.25. The van der Waals surface area contributed by atoms with E-state index in [1.165, 1.54) is 19.3 Å². The van der Waals surface area contributed by atoms with Gasteiger partial charge in [0.25, 0.3) is 0 Å². The van der Waals surface area contributed by atoms with Crippen molar-refractivity contribution in [3.8, 4) is 0 Å². The standard InChI is InChI=1S/C14H28O3/c1-3-5-7-8-9-11-13(15)12(14(16)17)10-6-4-2/h12-13,15H,3-11H2,1-2H3,(H,16,17). The van der Waals surface area contributed by atoms with Gasteiger partial charge in [-0.1, -0.05) is 58.8 Å². The van der Waals surface area contributed by atoms with Crippen LogP contribution in [0.1, 0.15) is 71.6 Å². The third-order valence-electron chi connectivity index (χ3n) is 3.25. The summed E-state index contributed by atoms with van der Waals surface area (Å²) in [7, 11) is 0. The van der Waals surface area contributed by atoms with Crippen molar-refractivity contribution in [2.75, 3.05) is 0 Å². The molecule has 0 aliphatic rings. The van der Waals surface area contributed by atoms with Gasteiger partial charge in [-0.2, -0.15) is 0 Å². The largest absolute Gasteiger partial charge is 0.481 e. The number of aliphatic carboxylic acids is 1. The SMILES string of the molecule is CCCCCCCC(O)C(CCCC)C(=O)O. The van der Waals surface area contributed by atoms with Gasteiger partial charge < -0.3 is 10.2 Å². The smallest absolute Gasteiger partial charge is 0.309 e. The average molecular weight is 244 g/mol. The highest BCUT2D eigenvalue weighted by atomic mass is 16.4. The monoisotopic (exact) mass is 244 g/mol. The zero-order valence-electron chi connectivity index (χ0n) is 11.3. The van der Waals surface area contributed by atoms with Crippen molar-refractivity contribution in [2.45, 2.75) is 77.7 Å². The lowest BCUT2D eigenvalue weighted by molar-refractivity contribution is -0.146. The van der Waals surface area contributed by atoms with Gasteiger partial charge >= 0.3 is 5.97 Å². The molecule has 0 saturated carbocycles. The van der Waals surface area contributed by atoms with Gasteiger partial charge in [0.1, 0.15) is 0 Å². The summed E-state index contributed by atoms with van der Waals surface area (Å²) in [5.74, 6) is -1.42. The second kappa shape index (κ2) is 10.6. The number of aliphatic hydroxyl groups is 1. The molecule has 17 heavy (non-hydrogen) atoms. The molecule has 0 heterocycles. The Morgan fingerprint density at radius 1 is 0.941 bits per heavy atom. The van der Waals surface area contributed by atoms with Crippen LogP contribution < -0.4 is 0 Å². The number of rotatable bonds is 11. The number of carboxylic acid groups (broad SMARTS) is 1. The highest BCUT2D eigenvalue weighted by molar-refractivity contribution is 5.70. The molecule has 0 aromatic rings. The summed E-state index contributed by atoms with van der Waals surface area (Å²) in [6, 6.07) is 0. The predicted octanol–water partition coefficient (Wildman–Crippen LogP) is 3.60. The average Bonchev–Trinajstić information content (AvgIpc) is 2.29. The van der Waals surface area contributed by atoms with E-state index in [-0.39, 0.29) is 0 Å². The minimum Gasteiger partial charge on any atom is -0.481 e. The second-order valence-corrected chi connectivity index (χ2v) is 4.86. The molecule has 3 heteroatoms. The normalized spacial score (nSPS) is 14.5. The van der Waals surface area contributed by atoms with Crippen molar-refractivity contribution < 1.29 is 15.0 Å². The lowest BCUT2D eigenvalue weighted by Gasteiger charge is -2.18. The lowest BCUT2D eigenvalue weighted by atomic mass is 9.92. The molecule has 0 fully saturated rings. The number of carbonyl (C=O) groups is 1. The summed E-state index contributed by atoms with van der Waals surface area (Å²) in [5.41, 5.74) is 0. The summed E-state index contributed by atoms with van der Waals surface area (Å²) in [6.45, 7) is 4.20. The zero-order valence-corrected chi connectivity index (χ0v) is 11.3. The first-order valence-electron chi connectivity index (χ1n) is 7.04. The first kappa shape index (κ1) is 16.4. The summed E-state index contributed by atoms with van der Waals surface area (Å²) in [6.07, 6.45) is 8.09. The molecule has 3 nitrogen and oxygen atoms in total. The van der Waals surface area contributed by atoms with Gasteiger partial charge in [-0.15, -0.1) is 0 Å². The van der Waals surface area contributed by atoms with E-state index >= 15 is 0 Å². The van der Waals surface area contributed by atoms with E-state index in [1.807, 2.05) is 6.92 Å². The molecule has 0 spiro atoms. The van der Waals surface area contributed by atoms with Crippen molar-refractivity contribution in [1.29, 1.82) is 0 Å². The Labute approximate surface area is 105 Å². The maximum absolute atomic E-state index is 11.0. The highest BCUT2D eigenvalue weighted by Crippen LogP contribution is 2.18. The van der Waals surface area contributed by atoms with Crippen LogP contribution in [0.3, 0.4) is 0 Å². The van der Waals surface area contributed by atoms with Crippen molar-refractivity contribution >= 4 is 5.97 Å². The second-order valence-electron chi connectivity index (χ2n) is 4.86. The summed E-state index contributed by atoms with van der Waals surface area (Å²) >= 11 is 0. The van der Waals surface area contributed by atoms with Gasteiger partial charge in [0, 0.05) is 0 Å².